The Labute approximate surface area is 120 Å². The van der Waals surface area contributed by atoms with Gasteiger partial charge in [-0.3, -0.25) is 10.1 Å². The molecule has 0 aliphatic heterocycles. The predicted octanol–water partition coefficient (Wildman–Crippen LogP) is 1.48. The van der Waals surface area contributed by atoms with Crippen LogP contribution in [0.2, 0.25) is 0 Å². The molecule has 2 aromatic rings. The van der Waals surface area contributed by atoms with Crippen LogP contribution in [0.4, 0.5) is 5.69 Å². The van der Waals surface area contributed by atoms with Gasteiger partial charge in [0.05, 0.1) is 24.9 Å². The van der Waals surface area contributed by atoms with Gasteiger partial charge in [-0.2, -0.15) is 5.10 Å². The fraction of sp³-hybridized carbons (Fsp3) is 0.250. The van der Waals surface area contributed by atoms with E-state index < -0.39 is 4.92 Å². The Morgan fingerprint density at radius 1 is 1.43 bits per heavy atom. The average molecular weight is 291 g/mol. The molecule has 0 saturated heterocycles. The molecule has 0 atom stereocenters. The van der Waals surface area contributed by atoms with Crippen LogP contribution < -0.4 is 9.47 Å². The van der Waals surface area contributed by atoms with E-state index in [-0.39, 0.29) is 17.2 Å². The number of methoxy groups -OCH3 is 1. The standard InChI is InChI=1S/C12H13N5O4/c1-3-21-12-10(17(18)19)4-9(5-11(12)20-2)6-15-16-7-13-14-8-16/h4-8H,3H2,1-2H3. The molecule has 0 aliphatic carbocycles. The molecule has 110 valence electrons. The van der Waals surface area contributed by atoms with Crippen molar-refractivity contribution in [3.63, 3.8) is 0 Å². The minimum absolute atomic E-state index is 0.103. The fourth-order valence-corrected chi connectivity index (χ4v) is 1.65. The Balaban J connectivity index is 2.43. The Morgan fingerprint density at radius 2 is 2.14 bits per heavy atom. The second-order valence-electron chi connectivity index (χ2n) is 3.85. The molecule has 0 amide bonds. The van der Waals surface area contributed by atoms with Crippen molar-refractivity contribution in [3.8, 4) is 11.5 Å². The molecule has 0 aliphatic rings. The van der Waals surface area contributed by atoms with Crippen LogP contribution in [0.3, 0.4) is 0 Å². The molecule has 2 rings (SSSR count). The van der Waals surface area contributed by atoms with Gasteiger partial charge in [0.15, 0.2) is 5.75 Å². The van der Waals surface area contributed by atoms with Crippen LogP contribution in [0.5, 0.6) is 11.5 Å². The lowest BCUT2D eigenvalue weighted by molar-refractivity contribution is -0.385. The van der Waals surface area contributed by atoms with Crippen molar-refractivity contribution in [3.05, 3.63) is 40.5 Å². The highest BCUT2D eigenvalue weighted by Gasteiger charge is 2.21. The molecule has 0 spiro atoms. The molecular formula is C12H13N5O4. The van der Waals surface area contributed by atoms with Gasteiger partial charge in [-0.05, 0) is 13.0 Å². The molecule has 0 radical (unpaired) electrons. The van der Waals surface area contributed by atoms with Crippen molar-refractivity contribution >= 4 is 11.9 Å². The highest BCUT2D eigenvalue weighted by atomic mass is 16.6. The number of ether oxygens (including phenoxy) is 2. The summed E-state index contributed by atoms with van der Waals surface area (Å²) in [6.45, 7) is 2.04. The van der Waals surface area contributed by atoms with Gasteiger partial charge >= 0.3 is 5.69 Å². The Hall–Kier alpha value is -2.97. The fourth-order valence-electron chi connectivity index (χ4n) is 1.65. The minimum Gasteiger partial charge on any atom is -0.493 e. The minimum atomic E-state index is -0.524. The molecular weight excluding hydrogens is 278 g/mol. The quantitative estimate of drug-likeness (QED) is 0.453. The van der Waals surface area contributed by atoms with Gasteiger partial charge in [-0.15, -0.1) is 10.2 Å². The highest BCUT2D eigenvalue weighted by molar-refractivity contribution is 5.83. The molecule has 1 heterocycles. The average Bonchev–Trinajstić information content (AvgIpc) is 2.99. The van der Waals surface area contributed by atoms with E-state index in [9.17, 15) is 10.1 Å². The number of hydrogen-bond donors (Lipinski definition) is 0. The third-order valence-corrected chi connectivity index (χ3v) is 2.51. The summed E-state index contributed by atoms with van der Waals surface area (Å²) in [4.78, 5) is 10.6. The smallest absolute Gasteiger partial charge is 0.315 e. The van der Waals surface area contributed by atoms with Crippen LogP contribution >= 0.6 is 0 Å². The Kier molecular flexibility index (Phi) is 4.44. The summed E-state index contributed by atoms with van der Waals surface area (Å²) in [6.07, 6.45) is 4.24. The Bertz CT molecular complexity index is 654. The summed E-state index contributed by atoms with van der Waals surface area (Å²) in [7, 11) is 1.42. The first-order valence-electron chi connectivity index (χ1n) is 6.04. The molecule has 21 heavy (non-hydrogen) atoms. The normalized spacial score (nSPS) is 10.8. The third kappa shape index (κ3) is 3.32. The molecule has 0 fully saturated rings. The molecule has 1 aromatic carbocycles. The number of aromatic nitrogens is 3. The largest absolute Gasteiger partial charge is 0.493 e. The number of benzene rings is 1. The lowest BCUT2D eigenvalue weighted by Gasteiger charge is -2.10. The van der Waals surface area contributed by atoms with Crippen LogP contribution in [0, 0.1) is 10.1 Å². The zero-order chi connectivity index (χ0) is 15.2. The molecule has 1 aromatic heterocycles. The van der Waals surface area contributed by atoms with Crippen molar-refractivity contribution in [1.82, 2.24) is 14.9 Å². The van der Waals surface area contributed by atoms with E-state index in [1.807, 2.05) is 0 Å². The summed E-state index contributed by atoms with van der Waals surface area (Å²) in [5.74, 6) is 0.378. The van der Waals surface area contributed by atoms with Crippen molar-refractivity contribution in [1.29, 1.82) is 0 Å². The summed E-state index contributed by atoms with van der Waals surface area (Å²) >= 11 is 0. The van der Waals surface area contributed by atoms with E-state index in [0.29, 0.717) is 12.2 Å². The van der Waals surface area contributed by atoms with E-state index in [2.05, 4.69) is 15.3 Å². The van der Waals surface area contributed by atoms with E-state index in [4.69, 9.17) is 9.47 Å². The second kappa shape index (κ2) is 6.46. The molecule has 0 bridgehead atoms. The van der Waals surface area contributed by atoms with E-state index in [0.717, 1.165) is 0 Å². The van der Waals surface area contributed by atoms with E-state index in [1.165, 1.54) is 36.7 Å². The van der Waals surface area contributed by atoms with Gasteiger partial charge in [-0.1, -0.05) is 0 Å². The molecule has 9 nitrogen and oxygen atoms in total. The lowest BCUT2D eigenvalue weighted by Crippen LogP contribution is -2.02. The van der Waals surface area contributed by atoms with Gasteiger partial charge in [0.25, 0.3) is 0 Å². The number of nitro benzene ring substituents is 1. The van der Waals surface area contributed by atoms with Crippen LogP contribution in [-0.2, 0) is 0 Å². The maximum Gasteiger partial charge on any atom is 0.315 e. The van der Waals surface area contributed by atoms with Crippen LogP contribution in [0.15, 0.2) is 29.9 Å². The summed E-state index contributed by atoms with van der Waals surface area (Å²) in [5.41, 5.74) is 0.317. The number of rotatable bonds is 6. The maximum absolute atomic E-state index is 11.2. The molecule has 0 saturated carbocycles. The first-order chi connectivity index (χ1) is 10.2. The maximum atomic E-state index is 11.2. The number of nitro groups is 1. The molecule has 9 heteroatoms. The van der Waals surface area contributed by atoms with Crippen molar-refractivity contribution in [2.75, 3.05) is 13.7 Å². The van der Waals surface area contributed by atoms with Crippen molar-refractivity contribution in [2.45, 2.75) is 6.92 Å². The lowest BCUT2D eigenvalue weighted by atomic mass is 10.2. The number of nitrogens with zero attached hydrogens (tertiary/aromatic N) is 5. The van der Waals surface area contributed by atoms with Gasteiger partial charge in [-0.25, -0.2) is 4.68 Å². The number of hydrogen-bond acceptors (Lipinski definition) is 7. The summed E-state index contributed by atoms with van der Waals surface area (Å²) in [5, 5.41) is 22.4. The van der Waals surface area contributed by atoms with Crippen LogP contribution in [0.25, 0.3) is 0 Å². The highest BCUT2D eigenvalue weighted by Crippen LogP contribution is 2.37. The first-order valence-corrected chi connectivity index (χ1v) is 6.04. The third-order valence-electron chi connectivity index (χ3n) is 2.51. The predicted molar refractivity (Wildman–Crippen MR) is 73.8 cm³/mol. The van der Waals surface area contributed by atoms with Crippen LogP contribution in [-0.4, -0.2) is 39.7 Å². The van der Waals surface area contributed by atoms with Gasteiger partial charge in [0.1, 0.15) is 12.7 Å². The van der Waals surface area contributed by atoms with E-state index in [1.54, 1.807) is 13.0 Å². The van der Waals surface area contributed by atoms with E-state index >= 15 is 0 Å². The van der Waals surface area contributed by atoms with Gasteiger partial charge in [0.2, 0.25) is 5.75 Å². The zero-order valence-electron chi connectivity index (χ0n) is 11.5. The molecule has 0 unspecified atom stereocenters. The topological polar surface area (TPSA) is 105 Å². The van der Waals surface area contributed by atoms with Crippen LogP contribution in [0.1, 0.15) is 12.5 Å². The van der Waals surface area contributed by atoms with Crippen molar-refractivity contribution < 1.29 is 14.4 Å². The first kappa shape index (κ1) is 14.4. The monoisotopic (exact) mass is 291 g/mol. The van der Waals surface area contributed by atoms with Gasteiger partial charge < -0.3 is 9.47 Å². The second-order valence-corrected chi connectivity index (χ2v) is 3.85. The van der Waals surface area contributed by atoms with Gasteiger partial charge in [0, 0.05) is 11.6 Å². The summed E-state index contributed by atoms with van der Waals surface area (Å²) in [6, 6.07) is 2.97. The summed E-state index contributed by atoms with van der Waals surface area (Å²) < 4.78 is 11.8. The Morgan fingerprint density at radius 3 is 2.71 bits per heavy atom. The SMILES string of the molecule is CCOc1c(OC)cc(C=Nn2cnnc2)cc1[N+](=O)[O-]. The molecule has 0 N–H and O–H groups in total. The zero-order valence-corrected chi connectivity index (χ0v) is 11.5. The van der Waals surface area contributed by atoms with Crippen molar-refractivity contribution in [2.24, 2.45) is 5.10 Å².